The van der Waals surface area contributed by atoms with E-state index < -0.39 is 16.7 Å². The largest absolute Gasteiger partial charge is 0.416 e. The molecule has 0 saturated carbocycles. The van der Waals surface area contributed by atoms with Crippen molar-refractivity contribution < 1.29 is 22.9 Å². The Morgan fingerprint density at radius 3 is 2.52 bits per heavy atom. The second-order valence-corrected chi connectivity index (χ2v) is 8.63. The Balaban J connectivity index is 1.31. The molecule has 0 N–H and O–H groups in total. The molecule has 0 bridgehead atoms. The van der Waals surface area contributed by atoms with Crippen molar-refractivity contribution in [2.75, 3.05) is 26.2 Å². The van der Waals surface area contributed by atoms with Crippen molar-refractivity contribution >= 4 is 23.1 Å². The number of nitro groups is 1. The van der Waals surface area contributed by atoms with Crippen LogP contribution in [0.15, 0.2) is 48.0 Å². The Morgan fingerprint density at radius 2 is 1.85 bits per heavy atom. The first kappa shape index (κ1) is 22.9. The van der Waals surface area contributed by atoms with Crippen LogP contribution in [-0.4, -0.2) is 56.6 Å². The molecule has 4 rings (SSSR count). The van der Waals surface area contributed by atoms with Crippen molar-refractivity contribution in [3.63, 3.8) is 0 Å². The van der Waals surface area contributed by atoms with Gasteiger partial charge >= 0.3 is 12.0 Å². The van der Waals surface area contributed by atoms with Crippen LogP contribution in [0.25, 0.3) is 0 Å². The number of benzene rings is 1. The topological polar surface area (TPSA) is 84.5 Å². The Labute approximate surface area is 191 Å². The van der Waals surface area contributed by atoms with E-state index >= 15 is 0 Å². The molecule has 0 aliphatic carbocycles. The number of hydrogen-bond acceptors (Lipinski definition) is 6. The van der Waals surface area contributed by atoms with Gasteiger partial charge in [-0.15, -0.1) is 11.3 Å². The van der Waals surface area contributed by atoms with Gasteiger partial charge in [0.2, 0.25) is 0 Å². The van der Waals surface area contributed by atoms with Gasteiger partial charge in [-0.25, -0.2) is 0 Å². The van der Waals surface area contributed by atoms with Crippen LogP contribution in [0.5, 0.6) is 0 Å². The molecule has 174 valence electrons. The Hall–Kier alpha value is -3.25. The van der Waals surface area contributed by atoms with E-state index in [1.807, 2.05) is 10.3 Å². The molecule has 1 saturated heterocycles. The molecule has 1 amide bonds. The summed E-state index contributed by atoms with van der Waals surface area (Å²) in [7, 11) is 0. The maximum absolute atomic E-state index is 12.9. The first-order valence-electron chi connectivity index (χ1n) is 10.1. The van der Waals surface area contributed by atoms with E-state index in [2.05, 4.69) is 5.10 Å². The molecular formula is C21H20F3N5O3S. The van der Waals surface area contributed by atoms with Crippen LogP contribution in [0.4, 0.5) is 19.0 Å². The minimum atomic E-state index is -4.37. The lowest BCUT2D eigenvalue weighted by atomic mass is 10.1. The maximum atomic E-state index is 12.9. The summed E-state index contributed by atoms with van der Waals surface area (Å²) in [5, 5.41) is 16.4. The SMILES string of the molecule is O=C(c1cc(Cn2ccc([N+](=O)[O-])n2)cs1)N1CCN(Cc2cccc(C(F)(F)F)c2)CC1. The van der Waals surface area contributed by atoms with Crippen LogP contribution in [0.3, 0.4) is 0 Å². The smallest absolute Gasteiger partial charge is 0.358 e. The Kier molecular flexibility index (Phi) is 6.47. The highest BCUT2D eigenvalue weighted by molar-refractivity contribution is 7.12. The lowest BCUT2D eigenvalue weighted by molar-refractivity contribution is -0.389. The maximum Gasteiger partial charge on any atom is 0.416 e. The molecule has 0 unspecified atom stereocenters. The highest BCUT2D eigenvalue weighted by Crippen LogP contribution is 2.30. The fraction of sp³-hybridized carbons (Fsp3) is 0.333. The quantitative estimate of drug-likeness (QED) is 0.396. The van der Waals surface area contributed by atoms with Crippen LogP contribution in [0, 0.1) is 10.1 Å². The van der Waals surface area contributed by atoms with E-state index in [1.54, 1.807) is 17.0 Å². The predicted octanol–water partition coefficient (Wildman–Crippen LogP) is 3.88. The summed E-state index contributed by atoms with van der Waals surface area (Å²) >= 11 is 1.30. The predicted molar refractivity (Wildman–Crippen MR) is 115 cm³/mol. The molecular weight excluding hydrogens is 459 g/mol. The summed E-state index contributed by atoms with van der Waals surface area (Å²) in [4.78, 5) is 27.4. The third-order valence-electron chi connectivity index (χ3n) is 5.34. The molecule has 1 aliphatic rings. The summed E-state index contributed by atoms with van der Waals surface area (Å²) < 4.78 is 40.2. The molecule has 2 aromatic heterocycles. The number of piperazine rings is 1. The van der Waals surface area contributed by atoms with Gasteiger partial charge in [-0.3, -0.25) is 9.69 Å². The van der Waals surface area contributed by atoms with Gasteiger partial charge < -0.3 is 15.0 Å². The van der Waals surface area contributed by atoms with Gasteiger partial charge in [0.05, 0.1) is 34.3 Å². The van der Waals surface area contributed by atoms with Crippen LogP contribution in [0.1, 0.15) is 26.4 Å². The molecule has 1 fully saturated rings. The fourth-order valence-electron chi connectivity index (χ4n) is 3.66. The first-order chi connectivity index (χ1) is 15.7. The second-order valence-electron chi connectivity index (χ2n) is 7.71. The highest BCUT2D eigenvalue weighted by Gasteiger charge is 2.30. The molecule has 0 atom stereocenters. The van der Waals surface area contributed by atoms with Crippen molar-refractivity contribution in [3.05, 3.63) is 79.7 Å². The highest BCUT2D eigenvalue weighted by atomic mass is 32.1. The minimum absolute atomic E-state index is 0.101. The zero-order valence-corrected chi connectivity index (χ0v) is 18.2. The average Bonchev–Trinajstić information content (AvgIpc) is 3.44. The van der Waals surface area contributed by atoms with Crippen LogP contribution in [0.2, 0.25) is 0 Å². The summed E-state index contributed by atoms with van der Waals surface area (Å²) in [6.07, 6.45) is -2.85. The third kappa shape index (κ3) is 5.57. The van der Waals surface area contributed by atoms with Crippen LogP contribution in [-0.2, 0) is 19.3 Å². The van der Waals surface area contributed by atoms with E-state index in [0.717, 1.165) is 11.6 Å². The van der Waals surface area contributed by atoms with Gasteiger partial charge in [-0.05, 0) is 33.6 Å². The summed E-state index contributed by atoms with van der Waals surface area (Å²) in [6, 6.07) is 8.39. The van der Waals surface area contributed by atoms with Crippen LogP contribution >= 0.6 is 11.3 Å². The second kappa shape index (κ2) is 9.32. The van der Waals surface area contributed by atoms with E-state index in [9.17, 15) is 28.1 Å². The lowest BCUT2D eigenvalue weighted by Crippen LogP contribution is -2.48. The monoisotopic (exact) mass is 479 g/mol. The molecule has 3 aromatic rings. The van der Waals surface area contributed by atoms with Gasteiger partial charge in [0, 0.05) is 32.7 Å². The van der Waals surface area contributed by atoms with E-state index in [-0.39, 0.29) is 11.7 Å². The van der Waals surface area contributed by atoms with Crippen molar-refractivity contribution in [2.24, 2.45) is 0 Å². The Bertz CT molecular complexity index is 1150. The van der Waals surface area contributed by atoms with E-state index in [4.69, 9.17) is 0 Å². The summed E-state index contributed by atoms with van der Waals surface area (Å²) in [5.74, 6) is -0.332. The number of aromatic nitrogens is 2. The average molecular weight is 479 g/mol. The van der Waals surface area contributed by atoms with Crippen molar-refractivity contribution in [3.8, 4) is 0 Å². The number of thiophene rings is 1. The number of halogens is 3. The minimum Gasteiger partial charge on any atom is -0.358 e. The van der Waals surface area contributed by atoms with Gasteiger partial charge in [0.25, 0.3) is 5.91 Å². The zero-order valence-electron chi connectivity index (χ0n) is 17.4. The van der Waals surface area contributed by atoms with Gasteiger partial charge in [-0.2, -0.15) is 17.9 Å². The fourth-order valence-corrected chi connectivity index (χ4v) is 4.53. The molecule has 3 heterocycles. The third-order valence-corrected chi connectivity index (χ3v) is 6.31. The summed E-state index contributed by atoms with van der Waals surface area (Å²) in [6.45, 7) is 2.81. The van der Waals surface area contributed by atoms with E-state index in [0.29, 0.717) is 49.7 Å². The molecule has 1 aliphatic heterocycles. The van der Waals surface area contributed by atoms with Crippen molar-refractivity contribution in [1.29, 1.82) is 0 Å². The standard InChI is InChI=1S/C21H20F3N5O3S/c22-21(23,24)17-3-1-2-15(10-17)12-26-6-8-27(9-7-26)20(30)18-11-16(14-33-18)13-28-5-4-19(25-28)29(31)32/h1-5,10-11,14H,6-9,12-13H2. The normalized spacial score (nSPS) is 15.1. The zero-order chi connectivity index (χ0) is 23.6. The molecule has 12 heteroatoms. The number of hydrogen-bond donors (Lipinski definition) is 0. The molecule has 0 spiro atoms. The molecule has 0 radical (unpaired) electrons. The number of rotatable bonds is 6. The van der Waals surface area contributed by atoms with Crippen molar-refractivity contribution in [2.45, 2.75) is 19.3 Å². The lowest BCUT2D eigenvalue weighted by Gasteiger charge is -2.34. The van der Waals surface area contributed by atoms with Crippen LogP contribution < -0.4 is 0 Å². The number of carbonyl (C=O) groups is 1. The number of alkyl halides is 3. The number of carbonyl (C=O) groups excluding carboxylic acids is 1. The molecule has 33 heavy (non-hydrogen) atoms. The first-order valence-corrected chi connectivity index (χ1v) is 11.0. The number of amides is 1. The Morgan fingerprint density at radius 1 is 1.09 bits per heavy atom. The van der Waals surface area contributed by atoms with Gasteiger partial charge in [0.1, 0.15) is 0 Å². The summed E-state index contributed by atoms with van der Waals surface area (Å²) in [5.41, 5.74) is 0.753. The van der Waals surface area contributed by atoms with Gasteiger partial charge in [0.15, 0.2) is 0 Å². The van der Waals surface area contributed by atoms with Gasteiger partial charge in [-0.1, -0.05) is 18.2 Å². The van der Waals surface area contributed by atoms with Crippen molar-refractivity contribution in [1.82, 2.24) is 19.6 Å². The molecule has 8 nitrogen and oxygen atoms in total. The van der Waals surface area contributed by atoms with E-state index in [1.165, 1.54) is 40.4 Å². The molecule has 1 aromatic carbocycles. The number of nitrogens with zero attached hydrogens (tertiary/aromatic N) is 5.